The van der Waals surface area contributed by atoms with Gasteiger partial charge in [0.1, 0.15) is 0 Å². The summed E-state index contributed by atoms with van der Waals surface area (Å²) in [7, 11) is 0. The van der Waals surface area contributed by atoms with Gasteiger partial charge < -0.3 is 10.1 Å². The Hall–Kier alpha value is -0.380. The second-order valence-electron chi connectivity index (χ2n) is 3.97. The first-order valence-electron chi connectivity index (χ1n) is 5.35. The fourth-order valence-corrected chi connectivity index (χ4v) is 2.56. The maximum atomic E-state index is 5.35. The quantitative estimate of drug-likeness (QED) is 0.911. The number of hydrogen-bond donors (Lipinski definition) is 1. The third-order valence-electron chi connectivity index (χ3n) is 2.79. The van der Waals surface area contributed by atoms with Gasteiger partial charge in [0.15, 0.2) is 0 Å². The largest absolute Gasteiger partial charge is 0.380 e. The molecule has 1 saturated heterocycles. The summed E-state index contributed by atoms with van der Waals surface area (Å²) in [4.78, 5) is 0. The lowest BCUT2D eigenvalue weighted by Crippen LogP contribution is -2.31. The summed E-state index contributed by atoms with van der Waals surface area (Å²) in [6, 6.07) is 9.22. The molecule has 0 aliphatic carbocycles. The molecule has 1 unspecified atom stereocenters. The molecule has 3 heteroatoms. The van der Waals surface area contributed by atoms with Crippen molar-refractivity contribution >= 4 is 15.9 Å². The molecule has 1 aromatic carbocycles. The van der Waals surface area contributed by atoms with Crippen LogP contribution in [0.5, 0.6) is 0 Å². The van der Waals surface area contributed by atoms with Crippen molar-refractivity contribution in [3.63, 3.8) is 0 Å². The maximum absolute atomic E-state index is 5.35. The van der Waals surface area contributed by atoms with Crippen molar-refractivity contribution in [3.05, 3.63) is 34.3 Å². The Balaban J connectivity index is 2.00. The molecule has 1 aliphatic rings. The summed E-state index contributed by atoms with van der Waals surface area (Å²) >= 11 is 3.58. The number of benzene rings is 1. The van der Waals surface area contributed by atoms with Crippen LogP contribution in [0.2, 0.25) is 0 Å². The molecule has 0 aromatic heterocycles. The van der Waals surface area contributed by atoms with E-state index in [4.69, 9.17) is 4.74 Å². The van der Waals surface area contributed by atoms with E-state index in [1.54, 1.807) is 0 Å². The monoisotopic (exact) mass is 269 g/mol. The van der Waals surface area contributed by atoms with E-state index in [9.17, 15) is 0 Å². The van der Waals surface area contributed by atoms with E-state index < -0.39 is 0 Å². The van der Waals surface area contributed by atoms with Gasteiger partial charge in [-0.15, -0.1) is 0 Å². The molecule has 1 aliphatic heterocycles. The van der Waals surface area contributed by atoms with Gasteiger partial charge >= 0.3 is 0 Å². The van der Waals surface area contributed by atoms with Crippen molar-refractivity contribution in [2.75, 3.05) is 13.2 Å². The Labute approximate surface area is 99.1 Å². The lowest BCUT2D eigenvalue weighted by Gasteiger charge is -2.19. The van der Waals surface area contributed by atoms with Gasteiger partial charge in [0.25, 0.3) is 0 Å². The van der Waals surface area contributed by atoms with Gasteiger partial charge in [0.05, 0.1) is 6.61 Å². The van der Waals surface area contributed by atoms with E-state index in [1.807, 2.05) is 6.07 Å². The van der Waals surface area contributed by atoms with Gasteiger partial charge in [0, 0.05) is 23.2 Å². The highest BCUT2D eigenvalue weighted by molar-refractivity contribution is 9.10. The highest BCUT2D eigenvalue weighted by atomic mass is 79.9. The fraction of sp³-hybridized carbons (Fsp3) is 0.500. The second-order valence-corrected chi connectivity index (χ2v) is 4.82. The number of ether oxygens (including phenoxy) is 1. The zero-order valence-electron chi connectivity index (χ0n) is 8.87. The van der Waals surface area contributed by atoms with Crippen LogP contribution in [0.15, 0.2) is 28.7 Å². The predicted octanol–water partition coefficient (Wildman–Crippen LogP) is 2.89. The SMILES string of the molecule is C[C@H](NC1CCOC1)c1ccccc1Br. The first-order valence-corrected chi connectivity index (χ1v) is 6.15. The van der Waals surface area contributed by atoms with Gasteiger partial charge in [0.2, 0.25) is 0 Å². The molecular formula is C12H16BrNO. The minimum Gasteiger partial charge on any atom is -0.380 e. The van der Waals surface area contributed by atoms with E-state index in [0.29, 0.717) is 12.1 Å². The van der Waals surface area contributed by atoms with Gasteiger partial charge in [-0.1, -0.05) is 34.1 Å². The van der Waals surface area contributed by atoms with Crippen molar-refractivity contribution in [2.24, 2.45) is 0 Å². The van der Waals surface area contributed by atoms with Gasteiger partial charge in [-0.25, -0.2) is 0 Å². The summed E-state index contributed by atoms with van der Waals surface area (Å²) in [5.74, 6) is 0. The Morgan fingerprint density at radius 1 is 1.47 bits per heavy atom. The van der Waals surface area contributed by atoms with E-state index in [0.717, 1.165) is 19.6 Å². The van der Waals surface area contributed by atoms with Crippen molar-refractivity contribution in [1.82, 2.24) is 5.32 Å². The van der Waals surface area contributed by atoms with E-state index in [-0.39, 0.29) is 0 Å². The standard InChI is InChI=1S/C12H16BrNO/c1-9(14-10-6-7-15-8-10)11-4-2-3-5-12(11)13/h2-5,9-10,14H,6-8H2,1H3/t9-,10?/m0/s1. The highest BCUT2D eigenvalue weighted by Gasteiger charge is 2.18. The van der Waals surface area contributed by atoms with Crippen LogP contribution in [0.25, 0.3) is 0 Å². The molecule has 0 spiro atoms. The van der Waals surface area contributed by atoms with Gasteiger partial charge in [-0.3, -0.25) is 0 Å². The van der Waals surface area contributed by atoms with Crippen LogP contribution in [0.4, 0.5) is 0 Å². The van der Waals surface area contributed by atoms with Crippen molar-refractivity contribution < 1.29 is 4.74 Å². The molecule has 0 saturated carbocycles. The highest BCUT2D eigenvalue weighted by Crippen LogP contribution is 2.23. The lowest BCUT2D eigenvalue weighted by molar-refractivity contribution is 0.188. The van der Waals surface area contributed by atoms with Crippen LogP contribution >= 0.6 is 15.9 Å². The summed E-state index contributed by atoms with van der Waals surface area (Å²) in [5.41, 5.74) is 1.31. The topological polar surface area (TPSA) is 21.3 Å². The molecule has 1 aromatic rings. The summed E-state index contributed by atoms with van der Waals surface area (Å²) in [6.45, 7) is 3.92. The lowest BCUT2D eigenvalue weighted by atomic mass is 10.1. The Morgan fingerprint density at radius 3 is 2.93 bits per heavy atom. The molecule has 1 N–H and O–H groups in total. The molecule has 0 bridgehead atoms. The van der Waals surface area contributed by atoms with Crippen LogP contribution in [0.3, 0.4) is 0 Å². The van der Waals surface area contributed by atoms with Crippen molar-refractivity contribution in [1.29, 1.82) is 0 Å². The third kappa shape index (κ3) is 2.80. The van der Waals surface area contributed by atoms with Crippen LogP contribution in [0, 0.1) is 0 Å². The number of rotatable bonds is 3. The number of hydrogen-bond acceptors (Lipinski definition) is 2. The summed E-state index contributed by atoms with van der Waals surface area (Å²) in [6.07, 6.45) is 1.12. The maximum Gasteiger partial charge on any atom is 0.0620 e. The fourth-order valence-electron chi connectivity index (χ4n) is 1.94. The zero-order valence-corrected chi connectivity index (χ0v) is 10.5. The minimum atomic E-state index is 0.368. The first-order chi connectivity index (χ1) is 7.27. The van der Waals surface area contributed by atoms with Crippen molar-refractivity contribution in [3.8, 4) is 0 Å². The molecule has 15 heavy (non-hydrogen) atoms. The van der Waals surface area contributed by atoms with Crippen LogP contribution < -0.4 is 5.32 Å². The molecule has 0 radical (unpaired) electrons. The molecule has 2 nitrogen and oxygen atoms in total. The normalized spacial score (nSPS) is 22.9. The van der Waals surface area contributed by atoms with E-state index in [1.165, 1.54) is 10.0 Å². The number of nitrogens with one attached hydrogen (secondary N) is 1. The Kier molecular flexibility index (Phi) is 3.78. The van der Waals surface area contributed by atoms with Crippen LogP contribution in [0.1, 0.15) is 24.9 Å². The first kappa shape index (κ1) is 11.1. The second kappa shape index (κ2) is 5.10. The van der Waals surface area contributed by atoms with Crippen LogP contribution in [-0.4, -0.2) is 19.3 Å². The van der Waals surface area contributed by atoms with E-state index >= 15 is 0 Å². The van der Waals surface area contributed by atoms with Crippen molar-refractivity contribution in [2.45, 2.75) is 25.4 Å². The molecule has 2 rings (SSSR count). The Bertz CT molecular complexity index is 323. The average molecular weight is 270 g/mol. The zero-order chi connectivity index (χ0) is 10.7. The Morgan fingerprint density at radius 2 is 2.27 bits per heavy atom. The molecule has 0 amide bonds. The number of halogens is 1. The average Bonchev–Trinajstić information content (AvgIpc) is 2.71. The molecule has 2 atom stereocenters. The van der Waals surface area contributed by atoms with E-state index in [2.05, 4.69) is 46.4 Å². The summed E-state index contributed by atoms with van der Waals surface area (Å²) < 4.78 is 6.52. The van der Waals surface area contributed by atoms with Gasteiger partial charge in [-0.2, -0.15) is 0 Å². The summed E-state index contributed by atoms with van der Waals surface area (Å²) in [5, 5.41) is 3.58. The molecule has 1 heterocycles. The minimum absolute atomic E-state index is 0.368. The third-order valence-corrected chi connectivity index (χ3v) is 3.51. The molecular weight excluding hydrogens is 254 g/mol. The van der Waals surface area contributed by atoms with Gasteiger partial charge in [-0.05, 0) is 25.0 Å². The molecule has 1 fully saturated rings. The predicted molar refractivity (Wildman–Crippen MR) is 64.9 cm³/mol. The smallest absolute Gasteiger partial charge is 0.0620 e. The van der Waals surface area contributed by atoms with Crippen LogP contribution in [-0.2, 0) is 4.74 Å². The molecule has 82 valence electrons.